The van der Waals surface area contributed by atoms with Gasteiger partial charge in [-0.15, -0.1) is 0 Å². The van der Waals surface area contributed by atoms with Gasteiger partial charge in [0.2, 0.25) is 10.0 Å². The summed E-state index contributed by atoms with van der Waals surface area (Å²) < 4.78 is 36.2. The molecule has 2 N–H and O–H groups in total. The third-order valence-electron chi connectivity index (χ3n) is 5.00. The summed E-state index contributed by atoms with van der Waals surface area (Å²) in [5.74, 6) is 0.260. The van der Waals surface area contributed by atoms with E-state index in [9.17, 15) is 18.0 Å². The summed E-state index contributed by atoms with van der Waals surface area (Å²) >= 11 is 0. The summed E-state index contributed by atoms with van der Waals surface area (Å²) in [6.45, 7) is 3.42. The molecule has 0 radical (unpaired) electrons. The Hall–Kier alpha value is -4.12. The molecule has 190 valence electrons. The van der Waals surface area contributed by atoms with Crippen molar-refractivity contribution in [3.8, 4) is 5.75 Å². The van der Waals surface area contributed by atoms with Crippen molar-refractivity contribution in [1.82, 2.24) is 10.7 Å². The van der Waals surface area contributed by atoms with Gasteiger partial charge in [-0.2, -0.15) is 5.10 Å². The lowest BCUT2D eigenvalue weighted by molar-refractivity contribution is -0.123. The Morgan fingerprint density at radius 2 is 1.83 bits per heavy atom. The molecule has 0 spiro atoms. The highest BCUT2D eigenvalue weighted by Crippen LogP contribution is 2.23. The van der Waals surface area contributed by atoms with Gasteiger partial charge in [-0.1, -0.05) is 17.7 Å². The van der Waals surface area contributed by atoms with Crippen molar-refractivity contribution in [3.05, 3.63) is 83.3 Å². The molecule has 1 heterocycles. The molecule has 11 heteroatoms. The van der Waals surface area contributed by atoms with Crippen molar-refractivity contribution in [3.63, 3.8) is 0 Å². The zero-order valence-electron chi connectivity index (χ0n) is 20.2. The lowest BCUT2D eigenvalue weighted by atomic mass is 10.1. The van der Waals surface area contributed by atoms with E-state index >= 15 is 0 Å². The molecule has 2 amide bonds. The number of carbonyl (C=O) groups excluding carboxylic acids is 2. The number of rotatable bonds is 11. The van der Waals surface area contributed by atoms with E-state index in [4.69, 9.17) is 9.15 Å². The summed E-state index contributed by atoms with van der Waals surface area (Å²) in [5.41, 5.74) is 5.18. The van der Waals surface area contributed by atoms with Gasteiger partial charge < -0.3 is 14.5 Å². The summed E-state index contributed by atoms with van der Waals surface area (Å²) in [7, 11) is -3.68. The van der Waals surface area contributed by atoms with Crippen molar-refractivity contribution in [2.45, 2.75) is 20.4 Å². The predicted molar refractivity (Wildman–Crippen MR) is 136 cm³/mol. The van der Waals surface area contributed by atoms with Crippen molar-refractivity contribution >= 4 is 33.7 Å². The van der Waals surface area contributed by atoms with Gasteiger partial charge in [0.15, 0.2) is 6.61 Å². The minimum Gasteiger partial charge on any atom is -0.484 e. The molecule has 3 aromatic rings. The number of hydrogen-bond acceptors (Lipinski definition) is 7. The fourth-order valence-corrected chi connectivity index (χ4v) is 4.17. The number of benzene rings is 2. The number of sulfonamides is 1. The fourth-order valence-electron chi connectivity index (χ4n) is 3.26. The second-order valence-electron chi connectivity index (χ2n) is 8.07. The van der Waals surface area contributed by atoms with Crippen LogP contribution in [0.25, 0.3) is 0 Å². The Bertz CT molecular complexity index is 1320. The molecule has 0 saturated carbocycles. The van der Waals surface area contributed by atoms with Gasteiger partial charge in [0.05, 0.1) is 31.0 Å². The number of aryl methyl sites for hydroxylation is 2. The second kappa shape index (κ2) is 12.0. The first-order valence-corrected chi connectivity index (χ1v) is 12.9. The molecule has 0 saturated heterocycles. The largest absolute Gasteiger partial charge is 0.484 e. The van der Waals surface area contributed by atoms with Gasteiger partial charge in [-0.05, 0) is 67.4 Å². The molecular formula is C25H28N4O6S. The molecule has 0 aliphatic carbocycles. The highest BCUT2D eigenvalue weighted by atomic mass is 32.2. The highest BCUT2D eigenvalue weighted by molar-refractivity contribution is 7.92. The SMILES string of the molecule is Cc1ccc(N(CC(=O)N/N=C\c2ccc(OCC(=O)NCc3ccco3)cc2)S(C)(=O)=O)c(C)c1. The molecule has 2 aromatic carbocycles. The topological polar surface area (TPSA) is 130 Å². The Balaban J connectivity index is 1.49. The van der Waals surface area contributed by atoms with Crippen molar-refractivity contribution in [1.29, 1.82) is 0 Å². The molecule has 36 heavy (non-hydrogen) atoms. The van der Waals surface area contributed by atoms with E-state index in [1.165, 1.54) is 12.5 Å². The molecule has 0 bridgehead atoms. The first-order valence-electron chi connectivity index (χ1n) is 11.0. The maximum Gasteiger partial charge on any atom is 0.260 e. The van der Waals surface area contributed by atoms with Crippen LogP contribution < -0.4 is 19.8 Å². The number of hydrazone groups is 1. The second-order valence-corrected chi connectivity index (χ2v) is 9.97. The van der Waals surface area contributed by atoms with Gasteiger partial charge in [-0.3, -0.25) is 13.9 Å². The lowest BCUT2D eigenvalue weighted by Gasteiger charge is -2.23. The van der Waals surface area contributed by atoms with Crippen LogP contribution in [0.5, 0.6) is 5.75 Å². The van der Waals surface area contributed by atoms with Crippen LogP contribution in [0.15, 0.2) is 70.4 Å². The Labute approximate surface area is 210 Å². The van der Waals surface area contributed by atoms with Crippen LogP contribution >= 0.6 is 0 Å². The van der Waals surface area contributed by atoms with Crippen molar-refractivity contribution in [2.75, 3.05) is 23.7 Å². The van der Waals surface area contributed by atoms with Crippen LogP contribution in [0.2, 0.25) is 0 Å². The standard InChI is InChI=1S/C25H28N4O6S/c1-18-6-11-23(19(2)13-18)29(36(3,32)33)16-24(30)28-27-14-20-7-9-21(10-8-20)35-17-25(31)26-15-22-5-4-12-34-22/h4-14H,15-17H2,1-3H3,(H,26,31)(H,28,30)/b27-14-. The normalized spacial score (nSPS) is 11.3. The summed E-state index contributed by atoms with van der Waals surface area (Å²) in [6.07, 6.45) is 4.00. The van der Waals surface area contributed by atoms with Crippen LogP contribution in [-0.2, 0) is 26.2 Å². The monoisotopic (exact) mass is 512 g/mol. The average molecular weight is 513 g/mol. The van der Waals surface area contributed by atoms with Gasteiger partial charge in [0.25, 0.3) is 11.8 Å². The van der Waals surface area contributed by atoms with Crippen LogP contribution in [-0.4, -0.2) is 45.9 Å². The van der Waals surface area contributed by atoms with E-state index in [1.54, 1.807) is 55.5 Å². The van der Waals surface area contributed by atoms with Gasteiger partial charge in [-0.25, -0.2) is 13.8 Å². The van der Waals surface area contributed by atoms with Crippen molar-refractivity contribution in [2.24, 2.45) is 5.10 Å². The minimum absolute atomic E-state index is 0.151. The van der Waals surface area contributed by atoms with Gasteiger partial charge in [0, 0.05) is 0 Å². The van der Waals surface area contributed by atoms with Crippen LogP contribution in [0.3, 0.4) is 0 Å². The molecule has 0 aliphatic heterocycles. The minimum atomic E-state index is -3.68. The highest BCUT2D eigenvalue weighted by Gasteiger charge is 2.22. The Kier molecular flexibility index (Phi) is 8.85. The van der Waals surface area contributed by atoms with E-state index in [0.29, 0.717) is 22.8 Å². The molecule has 1 aromatic heterocycles. The van der Waals surface area contributed by atoms with Gasteiger partial charge in [0.1, 0.15) is 18.1 Å². The van der Waals surface area contributed by atoms with Gasteiger partial charge >= 0.3 is 0 Å². The fraction of sp³-hybridized carbons (Fsp3) is 0.240. The third kappa shape index (κ3) is 7.98. The maximum absolute atomic E-state index is 12.4. The number of nitrogens with zero attached hydrogens (tertiary/aromatic N) is 2. The molecule has 3 rings (SSSR count). The summed E-state index contributed by atoms with van der Waals surface area (Å²) in [4.78, 5) is 24.2. The number of furan rings is 1. The molecule has 0 fully saturated rings. The zero-order chi connectivity index (χ0) is 26.1. The number of nitrogens with one attached hydrogen (secondary N) is 2. The molecule has 0 atom stereocenters. The lowest BCUT2D eigenvalue weighted by Crippen LogP contribution is -2.39. The van der Waals surface area contributed by atoms with Crippen LogP contribution in [0, 0.1) is 13.8 Å². The molecule has 0 unspecified atom stereocenters. The number of hydrogen-bond donors (Lipinski definition) is 2. The maximum atomic E-state index is 12.4. The van der Waals surface area contributed by atoms with Crippen molar-refractivity contribution < 1.29 is 27.2 Å². The summed E-state index contributed by atoms with van der Waals surface area (Å²) in [5, 5.41) is 6.58. The molecule has 10 nitrogen and oxygen atoms in total. The quantitative estimate of drug-likeness (QED) is 0.300. The van der Waals surface area contributed by atoms with E-state index < -0.39 is 22.5 Å². The number of ether oxygens (including phenoxy) is 1. The van der Waals surface area contributed by atoms with E-state index in [1.807, 2.05) is 13.0 Å². The Morgan fingerprint density at radius 1 is 1.08 bits per heavy atom. The first kappa shape index (κ1) is 26.5. The smallest absolute Gasteiger partial charge is 0.260 e. The predicted octanol–water partition coefficient (Wildman–Crippen LogP) is 2.51. The number of amides is 2. The third-order valence-corrected chi connectivity index (χ3v) is 6.13. The molecular weight excluding hydrogens is 484 g/mol. The number of carbonyl (C=O) groups is 2. The van der Waals surface area contributed by atoms with Crippen LogP contribution in [0.4, 0.5) is 5.69 Å². The van der Waals surface area contributed by atoms with E-state index in [2.05, 4.69) is 15.8 Å². The first-order chi connectivity index (χ1) is 17.1. The number of anilines is 1. The molecule has 0 aliphatic rings. The zero-order valence-corrected chi connectivity index (χ0v) is 21.0. The van der Waals surface area contributed by atoms with Crippen LogP contribution in [0.1, 0.15) is 22.5 Å². The average Bonchev–Trinajstić information content (AvgIpc) is 3.34. The van der Waals surface area contributed by atoms with E-state index in [-0.39, 0.29) is 19.1 Å². The summed E-state index contributed by atoms with van der Waals surface area (Å²) in [6, 6.07) is 15.5. The van der Waals surface area contributed by atoms with E-state index in [0.717, 1.165) is 21.7 Å². The Morgan fingerprint density at radius 3 is 2.47 bits per heavy atom.